The van der Waals surface area contributed by atoms with Gasteiger partial charge in [-0.15, -0.1) is 5.10 Å². The Morgan fingerprint density at radius 2 is 2.29 bits per heavy atom. The third kappa shape index (κ3) is 3.95. The van der Waals surface area contributed by atoms with Gasteiger partial charge in [-0.05, 0) is 56.3 Å². The predicted octanol–water partition coefficient (Wildman–Crippen LogP) is 2.20. The molecular weight excluding hydrogens is 286 g/mol. The van der Waals surface area contributed by atoms with E-state index >= 15 is 0 Å². The van der Waals surface area contributed by atoms with Crippen molar-refractivity contribution in [1.82, 2.24) is 25.1 Å². The molecule has 2 N–H and O–H groups in total. The number of rotatable bonds is 7. The van der Waals surface area contributed by atoms with E-state index in [1.165, 1.54) is 17.3 Å². The van der Waals surface area contributed by atoms with Gasteiger partial charge in [-0.25, -0.2) is 14.9 Å². The Hall–Kier alpha value is -1.60. The highest BCUT2D eigenvalue weighted by molar-refractivity contribution is 7.99. The number of pyridine rings is 1. The molecule has 0 aromatic carbocycles. The van der Waals surface area contributed by atoms with Crippen LogP contribution in [0, 0.1) is 0 Å². The van der Waals surface area contributed by atoms with Crippen LogP contribution in [0.2, 0.25) is 0 Å². The van der Waals surface area contributed by atoms with Gasteiger partial charge in [-0.2, -0.15) is 0 Å². The molecule has 0 amide bonds. The molecule has 0 bridgehead atoms. The topological polar surface area (TPSA) is 75.6 Å². The molecule has 0 saturated carbocycles. The first-order valence-corrected chi connectivity index (χ1v) is 7.99. The molecule has 0 spiro atoms. The normalized spacial score (nSPS) is 12.5. The maximum absolute atomic E-state index is 11.6. The molecule has 0 saturated heterocycles. The van der Waals surface area contributed by atoms with Crippen molar-refractivity contribution in [2.24, 2.45) is 0 Å². The minimum absolute atomic E-state index is 0.186. The molecule has 114 valence electrons. The van der Waals surface area contributed by atoms with Crippen LogP contribution in [0.15, 0.2) is 33.3 Å². The summed E-state index contributed by atoms with van der Waals surface area (Å²) >= 11 is 1.40. The van der Waals surface area contributed by atoms with Crippen LogP contribution < -0.4 is 11.0 Å². The van der Waals surface area contributed by atoms with Crippen molar-refractivity contribution in [3.63, 3.8) is 0 Å². The number of H-pyrrole nitrogens is 1. The van der Waals surface area contributed by atoms with Gasteiger partial charge < -0.3 is 5.32 Å². The monoisotopic (exact) mass is 307 g/mol. The SMILES string of the molecule is CCCNC(C)c1ccnc(Sc2n[nH]c(=O)n2CC)c1. The summed E-state index contributed by atoms with van der Waals surface area (Å²) in [4.78, 5) is 15.9. The summed E-state index contributed by atoms with van der Waals surface area (Å²) in [6.07, 6.45) is 2.90. The first kappa shape index (κ1) is 15.8. The van der Waals surface area contributed by atoms with E-state index in [0.29, 0.717) is 11.7 Å². The first-order valence-electron chi connectivity index (χ1n) is 7.18. The van der Waals surface area contributed by atoms with E-state index in [2.05, 4.69) is 34.3 Å². The summed E-state index contributed by atoms with van der Waals surface area (Å²) in [5, 5.41) is 11.4. The fourth-order valence-corrected chi connectivity index (χ4v) is 2.89. The first-order chi connectivity index (χ1) is 10.2. The second-order valence-corrected chi connectivity index (χ2v) is 5.75. The molecule has 2 aromatic heterocycles. The van der Waals surface area contributed by atoms with E-state index in [1.807, 2.05) is 19.1 Å². The maximum Gasteiger partial charge on any atom is 0.343 e. The highest BCUT2D eigenvalue weighted by atomic mass is 32.2. The van der Waals surface area contributed by atoms with E-state index in [9.17, 15) is 4.79 Å². The minimum atomic E-state index is -0.186. The smallest absolute Gasteiger partial charge is 0.310 e. The van der Waals surface area contributed by atoms with Gasteiger partial charge in [-0.1, -0.05) is 6.92 Å². The lowest BCUT2D eigenvalue weighted by Gasteiger charge is -2.14. The van der Waals surface area contributed by atoms with Crippen LogP contribution in [-0.2, 0) is 6.54 Å². The van der Waals surface area contributed by atoms with Gasteiger partial charge in [0.2, 0.25) is 0 Å². The van der Waals surface area contributed by atoms with Crippen molar-refractivity contribution >= 4 is 11.8 Å². The molecule has 0 radical (unpaired) electrons. The fraction of sp³-hybridized carbons (Fsp3) is 0.500. The van der Waals surface area contributed by atoms with Crippen LogP contribution >= 0.6 is 11.8 Å². The Bertz CT molecular complexity index is 636. The zero-order chi connectivity index (χ0) is 15.2. The van der Waals surface area contributed by atoms with E-state index in [-0.39, 0.29) is 11.7 Å². The van der Waals surface area contributed by atoms with E-state index in [1.54, 1.807) is 10.8 Å². The van der Waals surface area contributed by atoms with Crippen LogP contribution in [0.5, 0.6) is 0 Å². The Morgan fingerprint density at radius 1 is 1.48 bits per heavy atom. The Balaban J connectivity index is 2.15. The zero-order valence-corrected chi connectivity index (χ0v) is 13.4. The quantitative estimate of drug-likeness (QED) is 0.820. The standard InChI is InChI=1S/C14H21N5OS/c1-4-7-15-10(3)11-6-8-16-12(9-11)21-14-18-17-13(20)19(14)5-2/h6,8-10,15H,4-5,7H2,1-3H3,(H,17,20). The molecule has 2 heterocycles. The second-order valence-electron chi connectivity index (χ2n) is 4.76. The van der Waals surface area contributed by atoms with Crippen molar-refractivity contribution < 1.29 is 0 Å². The van der Waals surface area contributed by atoms with Gasteiger partial charge in [0.25, 0.3) is 0 Å². The van der Waals surface area contributed by atoms with Crippen LogP contribution in [0.25, 0.3) is 0 Å². The van der Waals surface area contributed by atoms with Gasteiger partial charge in [0.15, 0.2) is 5.16 Å². The van der Waals surface area contributed by atoms with Gasteiger partial charge in [0.1, 0.15) is 5.03 Å². The molecule has 1 unspecified atom stereocenters. The summed E-state index contributed by atoms with van der Waals surface area (Å²) in [6, 6.07) is 4.33. The molecule has 1 atom stereocenters. The van der Waals surface area contributed by atoms with Crippen molar-refractivity contribution in [3.8, 4) is 0 Å². The Kier molecular flexibility index (Phi) is 5.58. The fourth-order valence-electron chi connectivity index (χ4n) is 1.98. The number of aromatic amines is 1. The molecule has 21 heavy (non-hydrogen) atoms. The van der Waals surface area contributed by atoms with E-state index in [0.717, 1.165) is 18.0 Å². The summed E-state index contributed by atoms with van der Waals surface area (Å²) in [5.41, 5.74) is 0.996. The third-order valence-corrected chi connectivity index (χ3v) is 4.12. The summed E-state index contributed by atoms with van der Waals surface area (Å²) < 4.78 is 1.60. The third-order valence-electron chi connectivity index (χ3n) is 3.19. The molecule has 0 aliphatic heterocycles. The van der Waals surface area contributed by atoms with Gasteiger partial charge >= 0.3 is 5.69 Å². The highest BCUT2D eigenvalue weighted by Crippen LogP contribution is 2.25. The van der Waals surface area contributed by atoms with Crippen molar-refractivity contribution in [3.05, 3.63) is 34.4 Å². The number of aromatic nitrogens is 4. The number of nitrogens with one attached hydrogen (secondary N) is 2. The minimum Gasteiger partial charge on any atom is -0.310 e. The van der Waals surface area contributed by atoms with Crippen molar-refractivity contribution in [1.29, 1.82) is 0 Å². The van der Waals surface area contributed by atoms with E-state index in [4.69, 9.17) is 0 Å². The average Bonchev–Trinajstić information content (AvgIpc) is 2.85. The van der Waals surface area contributed by atoms with E-state index < -0.39 is 0 Å². The number of nitrogens with zero attached hydrogens (tertiary/aromatic N) is 3. The predicted molar refractivity (Wildman–Crippen MR) is 83.6 cm³/mol. The van der Waals surface area contributed by atoms with Crippen molar-refractivity contribution in [2.75, 3.05) is 6.54 Å². The van der Waals surface area contributed by atoms with Crippen LogP contribution in [0.1, 0.15) is 38.8 Å². The lowest BCUT2D eigenvalue weighted by Crippen LogP contribution is -2.19. The maximum atomic E-state index is 11.6. The van der Waals surface area contributed by atoms with Crippen LogP contribution in [-0.4, -0.2) is 26.3 Å². The van der Waals surface area contributed by atoms with Crippen LogP contribution in [0.4, 0.5) is 0 Å². The van der Waals surface area contributed by atoms with Crippen molar-refractivity contribution in [2.45, 2.75) is 50.0 Å². The number of hydrogen-bond donors (Lipinski definition) is 2. The highest BCUT2D eigenvalue weighted by Gasteiger charge is 2.11. The van der Waals surface area contributed by atoms with Gasteiger partial charge in [-0.3, -0.25) is 4.57 Å². The van der Waals surface area contributed by atoms with Gasteiger partial charge in [0, 0.05) is 18.8 Å². The summed E-state index contributed by atoms with van der Waals surface area (Å²) in [5.74, 6) is 0. The molecule has 7 heteroatoms. The molecule has 0 fully saturated rings. The van der Waals surface area contributed by atoms with Gasteiger partial charge in [0.05, 0.1) is 0 Å². The molecule has 2 aromatic rings. The Morgan fingerprint density at radius 3 is 3.00 bits per heavy atom. The van der Waals surface area contributed by atoms with Crippen LogP contribution in [0.3, 0.4) is 0 Å². The average molecular weight is 307 g/mol. The summed E-state index contributed by atoms with van der Waals surface area (Å²) in [6.45, 7) is 7.78. The molecular formula is C14H21N5OS. The summed E-state index contributed by atoms with van der Waals surface area (Å²) in [7, 11) is 0. The zero-order valence-electron chi connectivity index (χ0n) is 12.6. The molecule has 0 aliphatic carbocycles. The largest absolute Gasteiger partial charge is 0.343 e. The molecule has 0 aliphatic rings. The lowest BCUT2D eigenvalue weighted by molar-refractivity contribution is 0.569. The second kappa shape index (κ2) is 7.42. The molecule has 6 nitrogen and oxygen atoms in total. The number of hydrogen-bond acceptors (Lipinski definition) is 5. The molecule has 2 rings (SSSR count). The Labute approximate surface area is 128 Å². The lowest BCUT2D eigenvalue weighted by atomic mass is 10.1.